The fourth-order valence-electron chi connectivity index (χ4n) is 2.15. The number of fused-ring (bicyclic) bond motifs is 1. The highest BCUT2D eigenvalue weighted by Gasteiger charge is 2.15. The molecule has 5 nitrogen and oxygen atoms in total. The molecule has 1 N–H and O–H groups in total. The molecule has 0 aliphatic carbocycles. The van der Waals surface area contributed by atoms with E-state index in [9.17, 15) is 4.79 Å². The van der Waals surface area contributed by atoms with Crippen molar-refractivity contribution in [2.75, 3.05) is 5.32 Å². The van der Waals surface area contributed by atoms with E-state index >= 15 is 0 Å². The molecule has 7 heteroatoms. The normalized spacial score (nSPS) is 10.8. The van der Waals surface area contributed by atoms with Gasteiger partial charge < -0.3 is 5.32 Å². The Morgan fingerprint density at radius 3 is 2.87 bits per heavy atom. The Hall–Kier alpha value is -2.64. The number of para-hydroxylation sites is 1. The molecule has 0 bridgehead atoms. The average molecular weight is 338 g/mol. The third kappa shape index (κ3) is 2.71. The van der Waals surface area contributed by atoms with Crippen molar-refractivity contribution in [3.8, 4) is 10.6 Å². The minimum absolute atomic E-state index is 0.275. The SMILES string of the molecule is O=C(Nc1sccc1-c1nc2ccccc2s1)c1cnccn1. The lowest BCUT2D eigenvalue weighted by atomic mass is 10.3. The van der Waals surface area contributed by atoms with E-state index < -0.39 is 0 Å². The number of carbonyl (C=O) groups excluding carboxylic acids is 1. The van der Waals surface area contributed by atoms with Crippen LogP contribution in [-0.4, -0.2) is 20.9 Å². The Labute approximate surface area is 139 Å². The van der Waals surface area contributed by atoms with Crippen LogP contribution < -0.4 is 5.32 Å². The van der Waals surface area contributed by atoms with Crippen molar-refractivity contribution in [1.29, 1.82) is 0 Å². The predicted molar refractivity (Wildman–Crippen MR) is 92.9 cm³/mol. The van der Waals surface area contributed by atoms with Crippen LogP contribution in [0.25, 0.3) is 20.8 Å². The summed E-state index contributed by atoms with van der Waals surface area (Å²) in [5.74, 6) is -0.275. The monoisotopic (exact) mass is 338 g/mol. The van der Waals surface area contributed by atoms with E-state index in [-0.39, 0.29) is 11.6 Å². The van der Waals surface area contributed by atoms with E-state index in [1.54, 1.807) is 11.3 Å². The topological polar surface area (TPSA) is 67.8 Å². The van der Waals surface area contributed by atoms with Crippen LogP contribution in [0.15, 0.2) is 54.3 Å². The van der Waals surface area contributed by atoms with E-state index in [0.717, 1.165) is 25.8 Å². The molecule has 3 aromatic heterocycles. The minimum atomic E-state index is -0.275. The number of aromatic nitrogens is 3. The summed E-state index contributed by atoms with van der Waals surface area (Å²) in [6, 6.07) is 9.96. The molecule has 0 spiro atoms. The molecule has 0 unspecified atom stereocenters. The third-order valence-corrected chi connectivity index (χ3v) is 5.11. The summed E-state index contributed by atoms with van der Waals surface area (Å²) in [6.45, 7) is 0. The number of hydrogen-bond donors (Lipinski definition) is 1. The van der Waals surface area contributed by atoms with Gasteiger partial charge in [-0.05, 0) is 23.6 Å². The summed E-state index contributed by atoms with van der Waals surface area (Å²) in [4.78, 5) is 24.8. The fraction of sp³-hybridized carbons (Fsp3) is 0. The largest absolute Gasteiger partial charge is 0.312 e. The van der Waals surface area contributed by atoms with Gasteiger partial charge in [0.15, 0.2) is 0 Å². The Kier molecular flexibility index (Phi) is 3.57. The van der Waals surface area contributed by atoms with Crippen molar-refractivity contribution in [1.82, 2.24) is 15.0 Å². The molecular formula is C16H10N4OS2. The molecule has 0 saturated heterocycles. The highest BCUT2D eigenvalue weighted by Crippen LogP contribution is 2.37. The van der Waals surface area contributed by atoms with Gasteiger partial charge in [-0.1, -0.05) is 12.1 Å². The van der Waals surface area contributed by atoms with Crippen molar-refractivity contribution < 1.29 is 4.79 Å². The molecule has 1 aromatic carbocycles. The van der Waals surface area contributed by atoms with Crippen molar-refractivity contribution >= 4 is 43.8 Å². The average Bonchev–Trinajstić information content (AvgIpc) is 3.21. The van der Waals surface area contributed by atoms with Crippen LogP contribution in [0, 0.1) is 0 Å². The van der Waals surface area contributed by atoms with E-state index in [0.29, 0.717) is 0 Å². The fourth-order valence-corrected chi connectivity index (χ4v) is 3.99. The number of nitrogens with zero attached hydrogens (tertiary/aromatic N) is 3. The number of amides is 1. The zero-order valence-electron chi connectivity index (χ0n) is 11.8. The quantitative estimate of drug-likeness (QED) is 0.611. The van der Waals surface area contributed by atoms with Crippen molar-refractivity contribution in [3.05, 3.63) is 60.0 Å². The first-order valence-corrected chi connectivity index (χ1v) is 8.52. The first-order valence-electron chi connectivity index (χ1n) is 6.82. The van der Waals surface area contributed by atoms with Gasteiger partial charge >= 0.3 is 0 Å². The van der Waals surface area contributed by atoms with E-state index in [2.05, 4.69) is 20.3 Å². The van der Waals surface area contributed by atoms with Gasteiger partial charge in [0, 0.05) is 18.0 Å². The number of benzene rings is 1. The highest BCUT2D eigenvalue weighted by molar-refractivity contribution is 7.22. The van der Waals surface area contributed by atoms with Gasteiger partial charge in [0.25, 0.3) is 5.91 Å². The molecule has 0 aliphatic rings. The molecule has 0 atom stereocenters. The molecule has 0 radical (unpaired) electrons. The Morgan fingerprint density at radius 1 is 1.13 bits per heavy atom. The first-order chi connectivity index (χ1) is 11.3. The lowest BCUT2D eigenvalue weighted by Crippen LogP contribution is -2.13. The number of nitrogens with one attached hydrogen (secondary N) is 1. The summed E-state index contributed by atoms with van der Waals surface area (Å²) in [5, 5.41) is 6.49. The van der Waals surface area contributed by atoms with Gasteiger partial charge in [-0.25, -0.2) is 9.97 Å². The standard InChI is InChI=1S/C16H10N4OS2/c21-14(12-9-17-6-7-18-12)20-15-10(5-8-22-15)16-19-11-3-1-2-4-13(11)23-16/h1-9H,(H,20,21). The summed E-state index contributed by atoms with van der Waals surface area (Å²) < 4.78 is 1.12. The van der Waals surface area contributed by atoms with E-state index in [1.165, 1.54) is 29.9 Å². The van der Waals surface area contributed by atoms with Crippen LogP contribution in [0.5, 0.6) is 0 Å². The lowest BCUT2D eigenvalue weighted by Gasteiger charge is -2.03. The van der Waals surface area contributed by atoms with E-state index in [4.69, 9.17) is 0 Å². The Morgan fingerprint density at radius 2 is 2.04 bits per heavy atom. The van der Waals surface area contributed by atoms with Crippen molar-refractivity contribution in [2.24, 2.45) is 0 Å². The van der Waals surface area contributed by atoms with Gasteiger partial charge in [-0.3, -0.25) is 9.78 Å². The summed E-state index contributed by atoms with van der Waals surface area (Å²) in [6.07, 6.45) is 4.48. The second-order valence-corrected chi connectivity index (χ2v) is 6.64. The molecule has 0 aliphatic heterocycles. The van der Waals surface area contributed by atoms with Crippen molar-refractivity contribution in [3.63, 3.8) is 0 Å². The number of thiazole rings is 1. The van der Waals surface area contributed by atoms with Crippen LogP contribution in [0.1, 0.15) is 10.5 Å². The zero-order valence-corrected chi connectivity index (χ0v) is 13.4. The molecule has 0 saturated carbocycles. The zero-order chi connectivity index (χ0) is 15.6. The van der Waals surface area contributed by atoms with Crippen LogP contribution in [0.4, 0.5) is 5.00 Å². The first kappa shape index (κ1) is 14.0. The van der Waals surface area contributed by atoms with Crippen LogP contribution in [-0.2, 0) is 0 Å². The van der Waals surface area contributed by atoms with Gasteiger partial charge in [0.1, 0.15) is 15.7 Å². The summed E-state index contributed by atoms with van der Waals surface area (Å²) in [5.41, 5.74) is 2.18. The van der Waals surface area contributed by atoms with Gasteiger partial charge in [-0.2, -0.15) is 0 Å². The number of hydrogen-bond acceptors (Lipinski definition) is 6. The molecule has 4 aromatic rings. The maximum Gasteiger partial charge on any atom is 0.276 e. The molecule has 112 valence electrons. The smallest absolute Gasteiger partial charge is 0.276 e. The molecule has 3 heterocycles. The molecule has 4 rings (SSSR count). The highest BCUT2D eigenvalue weighted by atomic mass is 32.1. The number of carbonyl (C=O) groups is 1. The molecule has 1 amide bonds. The van der Waals surface area contributed by atoms with Gasteiger partial charge in [0.2, 0.25) is 0 Å². The molecular weight excluding hydrogens is 328 g/mol. The lowest BCUT2D eigenvalue weighted by molar-refractivity contribution is 0.102. The number of rotatable bonds is 3. The third-order valence-electron chi connectivity index (χ3n) is 3.21. The van der Waals surface area contributed by atoms with Crippen LogP contribution in [0.3, 0.4) is 0 Å². The predicted octanol–water partition coefficient (Wildman–Crippen LogP) is 4.07. The van der Waals surface area contributed by atoms with Crippen LogP contribution in [0.2, 0.25) is 0 Å². The number of anilines is 1. The van der Waals surface area contributed by atoms with Crippen molar-refractivity contribution in [2.45, 2.75) is 0 Å². The maximum atomic E-state index is 12.2. The number of thiophene rings is 1. The maximum absolute atomic E-state index is 12.2. The molecule has 23 heavy (non-hydrogen) atoms. The van der Waals surface area contributed by atoms with Crippen LogP contribution >= 0.6 is 22.7 Å². The minimum Gasteiger partial charge on any atom is -0.312 e. The van der Waals surface area contributed by atoms with Gasteiger partial charge in [0.05, 0.1) is 16.4 Å². The Balaban J connectivity index is 1.67. The second-order valence-electron chi connectivity index (χ2n) is 4.69. The molecule has 0 fully saturated rings. The summed E-state index contributed by atoms with van der Waals surface area (Å²) in [7, 11) is 0. The van der Waals surface area contributed by atoms with Gasteiger partial charge in [-0.15, -0.1) is 22.7 Å². The second kappa shape index (κ2) is 5.86. The Bertz CT molecular complexity index is 945. The van der Waals surface area contributed by atoms with E-state index in [1.807, 2.05) is 35.7 Å². The summed E-state index contributed by atoms with van der Waals surface area (Å²) >= 11 is 3.07.